The number of carbonyl (C=O) groups excluding carboxylic acids is 1. The van der Waals surface area contributed by atoms with Crippen molar-refractivity contribution >= 4 is 5.91 Å². The highest BCUT2D eigenvalue weighted by atomic mass is 16.1. The van der Waals surface area contributed by atoms with Gasteiger partial charge in [0.1, 0.15) is 0 Å². The number of hydrogen-bond acceptors (Lipinski definition) is 3. The third-order valence-corrected chi connectivity index (χ3v) is 3.23. The van der Waals surface area contributed by atoms with Crippen LogP contribution >= 0.6 is 0 Å². The first-order chi connectivity index (χ1) is 6.54. The summed E-state index contributed by atoms with van der Waals surface area (Å²) in [6.45, 7) is 5.20. The predicted molar refractivity (Wildman–Crippen MR) is 56.7 cm³/mol. The van der Waals surface area contributed by atoms with Gasteiger partial charge in [-0.05, 0) is 33.2 Å². The fourth-order valence-corrected chi connectivity index (χ4v) is 2.17. The molecule has 1 fully saturated rings. The molecule has 0 bridgehead atoms. The van der Waals surface area contributed by atoms with Crippen LogP contribution in [0.2, 0.25) is 0 Å². The number of amides is 1. The first-order valence-electron chi connectivity index (χ1n) is 5.34. The lowest BCUT2D eigenvalue weighted by Gasteiger charge is -2.39. The van der Waals surface area contributed by atoms with Gasteiger partial charge in [-0.25, -0.2) is 0 Å². The first-order valence-corrected chi connectivity index (χ1v) is 5.34. The van der Waals surface area contributed by atoms with E-state index in [1.54, 1.807) is 0 Å². The molecular formula is C10H21N3O. The Labute approximate surface area is 85.6 Å². The van der Waals surface area contributed by atoms with Gasteiger partial charge in [0.15, 0.2) is 0 Å². The van der Waals surface area contributed by atoms with Crippen LogP contribution in [0.5, 0.6) is 0 Å². The van der Waals surface area contributed by atoms with Crippen molar-refractivity contribution in [2.45, 2.75) is 51.2 Å². The normalized spacial score (nSPS) is 28.4. The van der Waals surface area contributed by atoms with Crippen LogP contribution < -0.4 is 11.5 Å². The summed E-state index contributed by atoms with van der Waals surface area (Å²) in [5.41, 5.74) is 10.9. The maximum atomic E-state index is 11.0. The molecule has 1 saturated heterocycles. The van der Waals surface area contributed by atoms with E-state index in [2.05, 4.69) is 11.8 Å². The summed E-state index contributed by atoms with van der Waals surface area (Å²) in [5, 5.41) is 0. The fraction of sp³-hybridized carbons (Fsp3) is 0.900. The van der Waals surface area contributed by atoms with Gasteiger partial charge in [-0.3, -0.25) is 9.69 Å². The molecule has 1 aliphatic heterocycles. The summed E-state index contributed by atoms with van der Waals surface area (Å²) < 4.78 is 0. The van der Waals surface area contributed by atoms with Gasteiger partial charge in [0.2, 0.25) is 5.91 Å². The topological polar surface area (TPSA) is 72.3 Å². The molecule has 1 amide bonds. The van der Waals surface area contributed by atoms with E-state index >= 15 is 0 Å². The zero-order valence-electron chi connectivity index (χ0n) is 9.07. The van der Waals surface area contributed by atoms with E-state index < -0.39 is 11.9 Å². The van der Waals surface area contributed by atoms with Crippen LogP contribution in [0.4, 0.5) is 0 Å². The summed E-state index contributed by atoms with van der Waals surface area (Å²) in [5.74, 6) is -0.407. The molecule has 4 N–H and O–H groups in total. The van der Waals surface area contributed by atoms with Gasteiger partial charge >= 0.3 is 0 Å². The van der Waals surface area contributed by atoms with Crippen LogP contribution in [0.25, 0.3) is 0 Å². The zero-order chi connectivity index (χ0) is 10.7. The number of hydrogen-bond donors (Lipinski definition) is 2. The van der Waals surface area contributed by atoms with E-state index in [4.69, 9.17) is 11.5 Å². The summed E-state index contributed by atoms with van der Waals surface area (Å²) in [6.07, 6.45) is 3.66. The Hall–Kier alpha value is -0.610. The minimum absolute atomic E-state index is 0.0581. The van der Waals surface area contributed by atoms with Crippen molar-refractivity contribution < 1.29 is 4.79 Å². The second-order valence-electron chi connectivity index (χ2n) is 4.25. The van der Waals surface area contributed by atoms with Crippen molar-refractivity contribution in [1.82, 2.24) is 4.90 Å². The van der Waals surface area contributed by atoms with Gasteiger partial charge < -0.3 is 11.5 Å². The fourth-order valence-electron chi connectivity index (χ4n) is 2.17. The molecule has 0 radical (unpaired) electrons. The molecule has 4 nitrogen and oxygen atoms in total. The Morgan fingerprint density at radius 2 is 2.14 bits per heavy atom. The van der Waals surface area contributed by atoms with Crippen molar-refractivity contribution in [2.24, 2.45) is 11.5 Å². The molecule has 0 aromatic heterocycles. The van der Waals surface area contributed by atoms with E-state index in [0.717, 1.165) is 6.54 Å². The highest BCUT2D eigenvalue weighted by Crippen LogP contribution is 2.19. The average molecular weight is 199 g/mol. The lowest BCUT2D eigenvalue weighted by atomic mass is 9.98. The van der Waals surface area contributed by atoms with E-state index in [0.29, 0.717) is 6.04 Å². The minimum atomic E-state index is -0.546. The van der Waals surface area contributed by atoms with Gasteiger partial charge in [0.05, 0.1) is 6.04 Å². The van der Waals surface area contributed by atoms with Crippen molar-refractivity contribution in [3.8, 4) is 0 Å². The third kappa shape index (κ3) is 2.45. The van der Waals surface area contributed by atoms with Crippen LogP contribution in [-0.4, -0.2) is 35.5 Å². The third-order valence-electron chi connectivity index (χ3n) is 3.23. The Morgan fingerprint density at radius 1 is 1.50 bits per heavy atom. The molecule has 14 heavy (non-hydrogen) atoms. The Morgan fingerprint density at radius 3 is 2.64 bits per heavy atom. The number of primary amides is 1. The number of carbonyl (C=O) groups is 1. The lowest BCUT2D eigenvalue weighted by molar-refractivity contribution is -0.121. The van der Waals surface area contributed by atoms with Crippen LogP contribution in [0, 0.1) is 0 Å². The monoisotopic (exact) mass is 199 g/mol. The molecule has 1 rings (SSSR count). The van der Waals surface area contributed by atoms with E-state index in [1.807, 2.05) is 6.92 Å². The molecule has 0 aromatic carbocycles. The van der Waals surface area contributed by atoms with E-state index in [9.17, 15) is 4.79 Å². The molecule has 1 aliphatic rings. The Balaban J connectivity index is 2.57. The maximum absolute atomic E-state index is 11.0. The number of likely N-dealkylation sites (tertiary alicyclic amines) is 1. The molecule has 0 saturated carbocycles. The van der Waals surface area contributed by atoms with Gasteiger partial charge in [0, 0.05) is 12.1 Å². The van der Waals surface area contributed by atoms with Gasteiger partial charge in [0.25, 0.3) is 0 Å². The average Bonchev–Trinajstić information content (AvgIpc) is 2.16. The highest BCUT2D eigenvalue weighted by molar-refractivity contribution is 5.80. The summed E-state index contributed by atoms with van der Waals surface area (Å²) in [7, 11) is 0. The molecule has 0 spiro atoms. The van der Waals surface area contributed by atoms with Crippen molar-refractivity contribution in [2.75, 3.05) is 6.54 Å². The van der Waals surface area contributed by atoms with Crippen molar-refractivity contribution in [3.05, 3.63) is 0 Å². The zero-order valence-corrected chi connectivity index (χ0v) is 9.07. The van der Waals surface area contributed by atoms with Gasteiger partial charge in [-0.15, -0.1) is 0 Å². The standard InChI is InChI=1S/C10H21N3O/c1-7-5-3-4-6-13(7)8(2)9(11)10(12)14/h7-9H,3-6,11H2,1-2H3,(H2,12,14). The van der Waals surface area contributed by atoms with Crippen LogP contribution in [0.15, 0.2) is 0 Å². The smallest absolute Gasteiger partial charge is 0.235 e. The molecule has 82 valence electrons. The largest absolute Gasteiger partial charge is 0.368 e. The summed E-state index contributed by atoms with van der Waals surface area (Å²) >= 11 is 0. The molecule has 4 heteroatoms. The second kappa shape index (κ2) is 4.75. The number of nitrogens with two attached hydrogens (primary N) is 2. The predicted octanol–water partition coefficient (Wildman–Crippen LogP) is 0.0619. The van der Waals surface area contributed by atoms with E-state index in [-0.39, 0.29) is 6.04 Å². The maximum Gasteiger partial charge on any atom is 0.235 e. The van der Waals surface area contributed by atoms with Crippen LogP contribution in [0.1, 0.15) is 33.1 Å². The van der Waals surface area contributed by atoms with Crippen LogP contribution in [-0.2, 0) is 4.79 Å². The second-order valence-corrected chi connectivity index (χ2v) is 4.25. The molecule has 3 atom stereocenters. The van der Waals surface area contributed by atoms with Crippen molar-refractivity contribution in [1.29, 1.82) is 0 Å². The first kappa shape index (κ1) is 11.5. The number of piperidine rings is 1. The molecular weight excluding hydrogens is 178 g/mol. The van der Waals surface area contributed by atoms with E-state index in [1.165, 1.54) is 19.3 Å². The van der Waals surface area contributed by atoms with Crippen LogP contribution in [0.3, 0.4) is 0 Å². The van der Waals surface area contributed by atoms with Gasteiger partial charge in [-0.1, -0.05) is 6.42 Å². The quantitative estimate of drug-likeness (QED) is 0.675. The van der Waals surface area contributed by atoms with Gasteiger partial charge in [-0.2, -0.15) is 0 Å². The number of nitrogens with zero attached hydrogens (tertiary/aromatic N) is 1. The molecule has 0 aromatic rings. The summed E-state index contributed by atoms with van der Waals surface area (Å²) in [4.78, 5) is 13.3. The molecule has 0 aliphatic carbocycles. The Kier molecular flexibility index (Phi) is 3.89. The molecule has 3 unspecified atom stereocenters. The SMILES string of the molecule is CC1CCCCN1C(C)C(N)C(N)=O. The number of rotatable bonds is 3. The summed E-state index contributed by atoms with van der Waals surface area (Å²) in [6, 6.07) is 0.0301. The molecule has 1 heterocycles. The van der Waals surface area contributed by atoms with Crippen molar-refractivity contribution in [3.63, 3.8) is 0 Å². The lowest BCUT2D eigenvalue weighted by Crippen LogP contribution is -2.56. The highest BCUT2D eigenvalue weighted by Gasteiger charge is 2.29. The minimum Gasteiger partial charge on any atom is -0.368 e. The Bertz CT molecular complexity index is 208.